The van der Waals surface area contributed by atoms with Gasteiger partial charge in [-0.15, -0.1) is 43.9 Å². The first-order valence-corrected chi connectivity index (χ1v) is 45.7. The highest BCUT2D eigenvalue weighted by Crippen LogP contribution is 2.30. The number of H-pyrrole nitrogens is 4. The topological polar surface area (TPSA) is 297 Å². The van der Waals surface area contributed by atoms with Crippen molar-refractivity contribution in [2.45, 2.75) is 85.9 Å². The fraction of sp³-hybridized carbons (Fsp3) is 0.111. The summed E-state index contributed by atoms with van der Waals surface area (Å²) in [7, 11) is 0. The second kappa shape index (κ2) is 46.6. The van der Waals surface area contributed by atoms with E-state index in [1.807, 2.05) is 175 Å². The maximum Gasteiger partial charge on any atom is 0.172 e. The van der Waals surface area contributed by atoms with Gasteiger partial charge in [-0.1, -0.05) is 249 Å². The van der Waals surface area contributed by atoms with Crippen LogP contribution in [0.5, 0.6) is 17.2 Å². The minimum atomic E-state index is 0.431. The van der Waals surface area contributed by atoms with Crippen LogP contribution in [0.1, 0.15) is 114 Å². The second-order valence-corrected chi connectivity index (χ2v) is 33.3. The van der Waals surface area contributed by atoms with E-state index in [1.165, 1.54) is 65.1 Å². The van der Waals surface area contributed by atoms with E-state index in [-0.39, 0.29) is 0 Å². The van der Waals surface area contributed by atoms with Gasteiger partial charge in [0.25, 0.3) is 0 Å². The zero-order valence-corrected chi connectivity index (χ0v) is 74.3. The number of nitrogens with zero attached hydrogens (tertiary/aromatic N) is 16. The van der Waals surface area contributed by atoms with Crippen molar-refractivity contribution in [3.63, 3.8) is 0 Å². The normalized spacial score (nSPS) is 11.3. The number of hydrogen-bond donors (Lipinski definition) is 4. The van der Waals surface area contributed by atoms with Gasteiger partial charge < -0.3 is 14.2 Å². The molecule has 0 radical (unpaired) electrons. The minimum absolute atomic E-state index is 0.431. The van der Waals surface area contributed by atoms with Gasteiger partial charge in [0.15, 0.2) is 23.3 Å². The van der Waals surface area contributed by atoms with Crippen molar-refractivity contribution >= 4 is 104 Å². The molecule has 23 nitrogen and oxygen atoms in total. The molecule has 25 heteroatoms. The van der Waals surface area contributed by atoms with Crippen LogP contribution < -0.4 is 14.2 Å². The van der Waals surface area contributed by atoms with E-state index >= 15 is 0 Å². The Morgan fingerprint density at radius 3 is 1.20 bits per heavy atom. The van der Waals surface area contributed by atoms with Crippen LogP contribution in [0, 0.1) is 0 Å². The molecule has 133 heavy (non-hydrogen) atoms. The van der Waals surface area contributed by atoms with Gasteiger partial charge in [0.1, 0.15) is 30.5 Å². The number of rotatable bonds is 33. The smallest absolute Gasteiger partial charge is 0.172 e. The van der Waals surface area contributed by atoms with Gasteiger partial charge in [0, 0.05) is 49.3 Å². The average Bonchev–Trinajstić information content (AvgIpc) is 1.53. The van der Waals surface area contributed by atoms with Crippen molar-refractivity contribution < 1.29 is 14.2 Å². The van der Waals surface area contributed by atoms with Crippen LogP contribution in [0.4, 0.5) is 0 Å². The zero-order chi connectivity index (χ0) is 89.9. The lowest BCUT2D eigenvalue weighted by Gasteiger charge is -2.09. The molecule has 12 aromatic carbocycles. The molecule has 0 fully saturated rings. The lowest BCUT2D eigenvalue weighted by atomic mass is 10.0. The summed E-state index contributed by atoms with van der Waals surface area (Å²) in [5.41, 5.74) is 21.7. The number of allylic oxidation sites excluding steroid dienone is 1. The number of pyridine rings is 4. The van der Waals surface area contributed by atoms with Crippen molar-refractivity contribution in [1.82, 2.24) is 102 Å². The summed E-state index contributed by atoms with van der Waals surface area (Å²) < 4.78 is 17.6. The second-order valence-electron chi connectivity index (χ2n) is 31.2. The van der Waals surface area contributed by atoms with Crippen LogP contribution >= 0.6 is 23.5 Å². The van der Waals surface area contributed by atoms with E-state index in [9.17, 15) is 0 Å². The van der Waals surface area contributed by atoms with Crippen LogP contribution in [0.25, 0.3) is 80.1 Å². The number of aromatic nitrogens is 20. The fourth-order valence-corrected chi connectivity index (χ4v) is 16.3. The molecule has 20 rings (SSSR count). The Bertz CT molecular complexity index is 7210. The maximum atomic E-state index is 6.02. The molecule has 0 spiro atoms. The molecular formula is C108H92N20O3S2. The van der Waals surface area contributed by atoms with Crippen LogP contribution in [0.15, 0.2) is 362 Å². The van der Waals surface area contributed by atoms with Crippen molar-refractivity contribution in [3.05, 3.63) is 459 Å². The number of ether oxygens (including phenoxy) is 3. The largest absolute Gasteiger partial charge is 0.487 e. The highest BCUT2D eigenvalue weighted by Gasteiger charge is 2.11. The van der Waals surface area contributed by atoms with Gasteiger partial charge in [0.05, 0.1) is 51.1 Å². The molecule has 0 aliphatic heterocycles. The lowest BCUT2D eigenvalue weighted by molar-refractivity contribution is 0.301. The predicted molar refractivity (Wildman–Crippen MR) is 528 cm³/mol. The fourth-order valence-electron chi connectivity index (χ4n) is 14.6. The van der Waals surface area contributed by atoms with E-state index in [2.05, 4.69) is 323 Å². The van der Waals surface area contributed by atoms with E-state index < -0.39 is 0 Å². The summed E-state index contributed by atoms with van der Waals surface area (Å²) in [5, 5.41) is 59.5. The Morgan fingerprint density at radius 1 is 0.278 bits per heavy atom. The van der Waals surface area contributed by atoms with Gasteiger partial charge in [-0.05, 0) is 281 Å². The number of thioether (sulfide) groups is 2. The Labute approximate surface area is 777 Å². The summed E-state index contributed by atoms with van der Waals surface area (Å²) in [4.78, 5) is 21.4. The molecule has 0 amide bonds. The summed E-state index contributed by atoms with van der Waals surface area (Å²) in [5.74, 6) is 6.81. The summed E-state index contributed by atoms with van der Waals surface area (Å²) >= 11 is 3.65. The van der Waals surface area contributed by atoms with E-state index in [1.54, 1.807) is 6.26 Å². The number of benzene rings is 12. The Kier molecular flexibility index (Phi) is 31.0. The Morgan fingerprint density at radius 2 is 0.677 bits per heavy atom. The first kappa shape index (κ1) is 88.6. The number of para-hydroxylation sites is 4. The van der Waals surface area contributed by atoms with Gasteiger partial charge in [-0.25, -0.2) is 30.4 Å². The molecule has 0 unspecified atom stereocenters. The number of tetrazole rings is 4. The zero-order valence-electron chi connectivity index (χ0n) is 72.6. The van der Waals surface area contributed by atoms with Crippen molar-refractivity contribution in [1.29, 1.82) is 0 Å². The number of aromatic amines is 4. The third-order valence-electron chi connectivity index (χ3n) is 21.4. The van der Waals surface area contributed by atoms with Gasteiger partial charge in [0.2, 0.25) is 0 Å². The van der Waals surface area contributed by atoms with Gasteiger partial charge in [-0.2, -0.15) is 0 Å². The highest BCUT2D eigenvalue weighted by atomic mass is 32.2. The summed E-state index contributed by atoms with van der Waals surface area (Å²) in [6, 6.07) is 117. The monoisotopic (exact) mass is 1780 g/mol. The predicted octanol–water partition coefficient (Wildman–Crippen LogP) is 22.5. The van der Waals surface area contributed by atoms with E-state index in [0.29, 0.717) is 42.9 Å². The van der Waals surface area contributed by atoms with Crippen molar-refractivity contribution in [2.75, 3.05) is 0 Å². The molecule has 8 heterocycles. The molecule has 20 aromatic rings. The summed E-state index contributed by atoms with van der Waals surface area (Å²) in [6.07, 6.45) is 22.6. The van der Waals surface area contributed by atoms with E-state index in [4.69, 9.17) is 24.2 Å². The van der Waals surface area contributed by atoms with Crippen LogP contribution in [0.2, 0.25) is 0 Å². The minimum Gasteiger partial charge on any atom is -0.487 e. The molecule has 0 saturated heterocycles. The number of aryl methyl sites for hydroxylation is 4. The Hall–Kier alpha value is -16.4. The number of nitrogens with one attached hydrogen (secondary N) is 4. The standard InChI is InChI=1S/C28H25N5O.C27H23N5O2.C27H23N5S.C26H21N5S/c1-2-10-27-24(9-1)14-15-25(29-27)20-34-26-16-11-21(12-17-26)5-3-6-22-7-4-8-23(19-22)13-18-28-30-32-33-31-28;1-2-8-26-22(6-1)12-13-23(28-26)19-34-25-7-3-5-21(18-25)17-20-10-14-24(15-11-20)33-16-4-9-27-29-31-32-30-27;1-2-7-26-23(6-1)13-14-24(28-26)19-33-25-15-10-20(11-16-25)8-9-21-4-3-5-22(18-21)12-17-27-29-31-32-30-27;1-2-10-25-22(8-1)12-13-23(27-25)18-32-24-9-4-7-21(17-24)16-20-6-3-5-19(15-20)11-14-26-28-30-31-29-26/h1-2,4,7-19H,3,5-6,20H2,(H,30,31,32,33);1-8,10-16,18H,9,17,19H2,(H,29,30,31,32);1-7,10-18H,8-9,19H2,(H,29,30,31,32);1-15,17H,16,18H2,(H,28,29,30,31)/b18-13+;16-4+;17-12+;14-11-. The molecule has 8 aromatic heterocycles. The highest BCUT2D eigenvalue weighted by molar-refractivity contribution is 7.98. The summed E-state index contributed by atoms with van der Waals surface area (Å²) in [6.45, 7) is 0.892. The Balaban J connectivity index is 0.000000124. The molecule has 0 aliphatic carbocycles. The first-order valence-electron chi connectivity index (χ1n) is 43.7. The SMILES string of the molecule is C(=C/c1nnn[nH]1)/c1cccc(Cc2cccc(SCc3ccc4ccccc4n3)c2)c1.C(=C\Oc1ccc(Cc2cccc(OCc3ccc4ccccc4n3)c2)cc1)/Cc1nnn[nH]1.C(=C\c1nnn[nH]1)/c1cccc(CCCc2ccc(OCc3ccc4ccccc4n3)cc2)c1.C(=C\c1nnn[nH]1)/c1cccc(CCc2ccc(SCc3ccc4ccccc4n3)cc2)c1. The maximum absolute atomic E-state index is 6.02. The molecule has 654 valence electrons. The molecule has 0 bridgehead atoms. The van der Waals surface area contributed by atoms with Crippen molar-refractivity contribution in [3.8, 4) is 17.2 Å². The molecule has 4 N–H and O–H groups in total. The van der Waals surface area contributed by atoms with Crippen molar-refractivity contribution in [2.24, 2.45) is 0 Å². The van der Waals surface area contributed by atoms with Gasteiger partial charge >= 0.3 is 0 Å². The number of fused-ring (bicyclic) bond motifs is 4. The van der Waals surface area contributed by atoms with Crippen LogP contribution in [0.3, 0.4) is 0 Å². The lowest BCUT2D eigenvalue weighted by Crippen LogP contribution is -1.99. The van der Waals surface area contributed by atoms with Gasteiger partial charge in [-0.3, -0.25) is 9.97 Å². The van der Waals surface area contributed by atoms with Crippen LogP contribution in [-0.2, 0) is 69.7 Å². The first-order chi connectivity index (χ1) is 65.8. The molecule has 0 saturated carbocycles. The molecule has 0 aliphatic rings. The third-order valence-corrected chi connectivity index (χ3v) is 23.5. The molecular weight excluding hydrogens is 1690 g/mol. The average molecular weight is 1780 g/mol. The third kappa shape index (κ3) is 27.6. The number of hydrogen-bond acceptors (Lipinski definition) is 21. The molecule has 0 atom stereocenters. The quantitative estimate of drug-likeness (QED) is 0.0219. The van der Waals surface area contributed by atoms with Crippen LogP contribution in [-0.4, -0.2) is 102 Å². The van der Waals surface area contributed by atoms with E-state index in [0.717, 1.165) is 146 Å².